The SMILES string of the molecule is COc1cc(-c2nc3ccccc3c(=O)[nH]2)c(Br)c(OC)c1OC. The molecule has 0 saturated heterocycles. The fourth-order valence-corrected chi connectivity index (χ4v) is 3.15. The normalized spacial score (nSPS) is 10.7. The van der Waals surface area contributed by atoms with Crippen molar-refractivity contribution in [3.05, 3.63) is 45.2 Å². The molecule has 3 rings (SSSR count). The molecule has 0 radical (unpaired) electrons. The number of rotatable bonds is 4. The van der Waals surface area contributed by atoms with Gasteiger partial charge in [-0.2, -0.15) is 0 Å². The first-order chi connectivity index (χ1) is 11.6. The van der Waals surface area contributed by atoms with Gasteiger partial charge in [0.15, 0.2) is 11.5 Å². The number of hydrogen-bond donors (Lipinski definition) is 1. The summed E-state index contributed by atoms with van der Waals surface area (Å²) < 4.78 is 16.7. The lowest BCUT2D eigenvalue weighted by molar-refractivity contribution is 0.323. The zero-order valence-electron chi connectivity index (χ0n) is 13.3. The number of aromatic nitrogens is 2. The van der Waals surface area contributed by atoms with E-state index in [1.54, 1.807) is 24.3 Å². The lowest BCUT2D eigenvalue weighted by Crippen LogP contribution is -2.10. The predicted octanol–water partition coefficient (Wildman–Crippen LogP) is 3.38. The highest BCUT2D eigenvalue weighted by molar-refractivity contribution is 9.10. The third-order valence-corrected chi connectivity index (χ3v) is 4.42. The van der Waals surface area contributed by atoms with Crippen LogP contribution in [-0.2, 0) is 0 Å². The molecule has 7 heteroatoms. The fourth-order valence-electron chi connectivity index (χ4n) is 2.51. The van der Waals surface area contributed by atoms with Crippen molar-refractivity contribution in [1.82, 2.24) is 9.97 Å². The average Bonchev–Trinajstić information content (AvgIpc) is 2.61. The number of aromatic amines is 1. The Labute approximate surface area is 146 Å². The molecule has 2 aromatic carbocycles. The Hall–Kier alpha value is -2.54. The number of hydrogen-bond acceptors (Lipinski definition) is 5. The van der Waals surface area contributed by atoms with Crippen molar-refractivity contribution in [2.75, 3.05) is 21.3 Å². The van der Waals surface area contributed by atoms with Crippen LogP contribution >= 0.6 is 15.9 Å². The van der Waals surface area contributed by atoms with Gasteiger partial charge in [-0.1, -0.05) is 12.1 Å². The number of ether oxygens (including phenoxy) is 3. The molecule has 0 unspecified atom stereocenters. The van der Waals surface area contributed by atoms with Crippen LogP contribution in [-0.4, -0.2) is 31.3 Å². The monoisotopic (exact) mass is 390 g/mol. The maximum Gasteiger partial charge on any atom is 0.259 e. The zero-order valence-corrected chi connectivity index (χ0v) is 14.9. The maximum atomic E-state index is 12.3. The molecule has 0 amide bonds. The second-order valence-corrected chi connectivity index (χ2v) is 5.73. The van der Waals surface area contributed by atoms with Gasteiger partial charge in [-0.3, -0.25) is 4.79 Å². The minimum atomic E-state index is -0.212. The number of methoxy groups -OCH3 is 3. The van der Waals surface area contributed by atoms with Crippen molar-refractivity contribution in [3.63, 3.8) is 0 Å². The average molecular weight is 391 g/mol. The van der Waals surface area contributed by atoms with Crippen LogP contribution in [0.25, 0.3) is 22.3 Å². The third kappa shape index (κ3) is 2.60. The molecule has 3 aromatic rings. The summed E-state index contributed by atoms with van der Waals surface area (Å²) >= 11 is 3.50. The van der Waals surface area contributed by atoms with E-state index in [1.807, 2.05) is 6.07 Å². The van der Waals surface area contributed by atoms with Crippen LogP contribution in [0.5, 0.6) is 17.2 Å². The fraction of sp³-hybridized carbons (Fsp3) is 0.176. The van der Waals surface area contributed by atoms with Gasteiger partial charge in [0, 0.05) is 5.56 Å². The molecule has 0 saturated carbocycles. The molecular formula is C17H15BrN2O4. The van der Waals surface area contributed by atoms with Gasteiger partial charge in [0.1, 0.15) is 5.82 Å². The summed E-state index contributed by atoms with van der Waals surface area (Å²) in [5.41, 5.74) is 1.03. The highest BCUT2D eigenvalue weighted by atomic mass is 79.9. The molecule has 6 nitrogen and oxygen atoms in total. The van der Waals surface area contributed by atoms with Gasteiger partial charge in [0.2, 0.25) is 5.75 Å². The van der Waals surface area contributed by atoms with Crippen molar-refractivity contribution < 1.29 is 14.2 Å². The van der Waals surface area contributed by atoms with Crippen molar-refractivity contribution in [3.8, 4) is 28.6 Å². The summed E-state index contributed by atoms with van der Waals surface area (Å²) in [4.78, 5) is 19.7. The topological polar surface area (TPSA) is 73.4 Å². The number of H-pyrrole nitrogens is 1. The lowest BCUT2D eigenvalue weighted by atomic mass is 10.1. The number of fused-ring (bicyclic) bond motifs is 1. The van der Waals surface area contributed by atoms with E-state index in [4.69, 9.17) is 14.2 Å². The summed E-state index contributed by atoms with van der Waals surface area (Å²) in [5, 5.41) is 0.532. The lowest BCUT2D eigenvalue weighted by Gasteiger charge is -2.16. The Bertz CT molecular complexity index is 969. The molecule has 0 bridgehead atoms. The number of halogens is 1. The zero-order chi connectivity index (χ0) is 17.3. The second-order valence-electron chi connectivity index (χ2n) is 4.94. The Morgan fingerprint density at radius 1 is 1.04 bits per heavy atom. The molecule has 0 aliphatic carbocycles. The molecule has 24 heavy (non-hydrogen) atoms. The van der Waals surface area contributed by atoms with Gasteiger partial charge in [-0.15, -0.1) is 0 Å². The number of para-hydroxylation sites is 1. The van der Waals surface area contributed by atoms with E-state index >= 15 is 0 Å². The molecule has 0 spiro atoms. The quantitative estimate of drug-likeness (QED) is 0.738. The van der Waals surface area contributed by atoms with Crippen molar-refractivity contribution in [1.29, 1.82) is 0 Å². The van der Waals surface area contributed by atoms with Gasteiger partial charge in [-0.25, -0.2) is 4.98 Å². The van der Waals surface area contributed by atoms with E-state index in [0.717, 1.165) is 0 Å². The Kier molecular flexibility index (Phi) is 4.44. The molecule has 0 fully saturated rings. The van der Waals surface area contributed by atoms with Gasteiger partial charge in [-0.05, 0) is 34.1 Å². The molecule has 0 aliphatic rings. The van der Waals surface area contributed by atoms with Crippen molar-refractivity contribution in [2.45, 2.75) is 0 Å². The first kappa shape index (κ1) is 16.3. The van der Waals surface area contributed by atoms with Crippen LogP contribution in [0.3, 0.4) is 0 Å². The van der Waals surface area contributed by atoms with Crippen LogP contribution in [0.4, 0.5) is 0 Å². The number of benzene rings is 2. The smallest absolute Gasteiger partial charge is 0.259 e. The highest BCUT2D eigenvalue weighted by Crippen LogP contribution is 2.47. The van der Waals surface area contributed by atoms with E-state index in [0.29, 0.717) is 44.0 Å². The minimum Gasteiger partial charge on any atom is -0.493 e. The molecule has 0 atom stereocenters. The van der Waals surface area contributed by atoms with Crippen LogP contribution in [0, 0.1) is 0 Å². The van der Waals surface area contributed by atoms with Crippen molar-refractivity contribution >= 4 is 26.8 Å². The van der Waals surface area contributed by atoms with Gasteiger partial charge < -0.3 is 19.2 Å². The van der Waals surface area contributed by atoms with Crippen LogP contribution in [0.15, 0.2) is 39.6 Å². The maximum absolute atomic E-state index is 12.3. The first-order valence-electron chi connectivity index (χ1n) is 7.08. The van der Waals surface area contributed by atoms with E-state index in [-0.39, 0.29) is 5.56 Å². The van der Waals surface area contributed by atoms with Gasteiger partial charge >= 0.3 is 0 Å². The van der Waals surface area contributed by atoms with Gasteiger partial charge in [0.05, 0.1) is 36.7 Å². The standard InChI is InChI=1S/C17H15BrN2O4/c1-22-12-8-10(13(18)15(24-3)14(12)23-2)16-19-11-7-5-4-6-9(11)17(21)20-16/h4-8H,1-3H3,(H,19,20,21). The molecule has 0 aliphatic heterocycles. The number of nitrogens with one attached hydrogen (secondary N) is 1. The number of nitrogens with zero attached hydrogens (tertiary/aromatic N) is 1. The summed E-state index contributed by atoms with van der Waals surface area (Å²) in [5.74, 6) is 1.80. The van der Waals surface area contributed by atoms with Crippen LogP contribution in [0.1, 0.15) is 0 Å². The highest BCUT2D eigenvalue weighted by Gasteiger charge is 2.21. The predicted molar refractivity (Wildman–Crippen MR) is 95.2 cm³/mol. The molecule has 1 heterocycles. The third-order valence-electron chi connectivity index (χ3n) is 3.64. The summed E-state index contributed by atoms with van der Waals surface area (Å²) in [6.45, 7) is 0. The van der Waals surface area contributed by atoms with Crippen LogP contribution in [0.2, 0.25) is 0 Å². The molecule has 1 N–H and O–H groups in total. The summed E-state index contributed by atoms with van der Waals surface area (Å²) in [6.07, 6.45) is 0. The summed E-state index contributed by atoms with van der Waals surface area (Å²) in [6, 6.07) is 8.89. The minimum absolute atomic E-state index is 0.212. The van der Waals surface area contributed by atoms with Crippen LogP contribution < -0.4 is 19.8 Å². The summed E-state index contributed by atoms with van der Waals surface area (Å²) in [7, 11) is 4.59. The van der Waals surface area contributed by atoms with E-state index in [2.05, 4.69) is 25.9 Å². The Morgan fingerprint density at radius 2 is 1.75 bits per heavy atom. The molecule has 124 valence electrons. The van der Waals surface area contributed by atoms with E-state index < -0.39 is 0 Å². The molecular weight excluding hydrogens is 376 g/mol. The Balaban J connectivity index is 2.32. The van der Waals surface area contributed by atoms with E-state index in [9.17, 15) is 4.79 Å². The van der Waals surface area contributed by atoms with Crippen molar-refractivity contribution in [2.24, 2.45) is 0 Å². The van der Waals surface area contributed by atoms with Gasteiger partial charge in [0.25, 0.3) is 5.56 Å². The first-order valence-corrected chi connectivity index (χ1v) is 7.88. The Morgan fingerprint density at radius 3 is 2.42 bits per heavy atom. The largest absolute Gasteiger partial charge is 0.493 e. The second kappa shape index (κ2) is 6.52. The molecule has 1 aromatic heterocycles. The van der Waals surface area contributed by atoms with E-state index in [1.165, 1.54) is 21.3 Å².